The van der Waals surface area contributed by atoms with Gasteiger partial charge in [0.25, 0.3) is 0 Å². The first-order valence-corrected chi connectivity index (χ1v) is 6.32. The number of benzene rings is 1. The van der Waals surface area contributed by atoms with Crippen molar-refractivity contribution in [3.63, 3.8) is 0 Å². The maximum atomic E-state index is 5.45. The van der Waals surface area contributed by atoms with E-state index in [-0.39, 0.29) is 0 Å². The molecule has 0 saturated carbocycles. The van der Waals surface area contributed by atoms with Crippen molar-refractivity contribution in [2.75, 3.05) is 17.9 Å². The molecule has 0 unspecified atom stereocenters. The van der Waals surface area contributed by atoms with Crippen LogP contribution in [0.4, 0.5) is 11.6 Å². The molecule has 20 heavy (non-hydrogen) atoms. The lowest BCUT2D eigenvalue weighted by atomic mass is 10.2. The van der Waals surface area contributed by atoms with Gasteiger partial charge in [0.2, 0.25) is 0 Å². The molecule has 0 spiro atoms. The van der Waals surface area contributed by atoms with Gasteiger partial charge in [-0.25, -0.2) is 15.8 Å². The first-order chi connectivity index (χ1) is 9.63. The third kappa shape index (κ3) is 3.16. The topological polar surface area (TPSA) is 85.1 Å². The fourth-order valence-electron chi connectivity index (χ4n) is 1.87. The molecule has 0 aliphatic rings. The van der Waals surface area contributed by atoms with E-state index in [2.05, 4.69) is 20.7 Å². The quantitative estimate of drug-likeness (QED) is 0.570. The number of rotatable bonds is 5. The molecule has 0 saturated heterocycles. The summed E-state index contributed by atoms with van der Waals surface area (Å²) in [5.74, 6) is 8.37. The van der Waals surface area contributed by atoms with Gasteiger partial charge in [0.15, 0.2) is 0 Å². The van der Waals surface area contributed by atoms with Crippen molar-refractivity contribution in [2.45, 2.75) is 20.4 Å². The van der Waals surface area contributed by atoms with E-state index in [1.165, 1.54) is 0 Å². The molecule has 0 radical (unpaired) electrons. The Balaban J connectivity index is 2.11. The number of ether oxygens (including phenoxy) is 1. The number of nitrogens with one attached hydrogen (secondary N) is 2. The summed E-state index contributed by atoms with van der Waals surface area (Å²) in [6.07, 6.45) is 0. The predicted molar refractivity (Wildman–Crippen MR) is 79.6 cm³/mol. The van der Waals surface area contributed by atoms with E-state index in [0.717, 1.165) is 22.7 Å². The molecule has 1 aromatic heterocycles. The third-order valence-electron chi connectivity index (χ3n) is 3.01. The third-order valence-corrected chi connectivity index (χ3v) is 3.01. The van der Waals surface area contributed by atoms with Crippen LogP contribution in [0.25, 0.3) is 0 Å². The lowest BCUT2D eigenvalue weighted by Crippen LogP contribution is -2.14. The van der Waals surface area contributed by atoms with Gasteiger partial charge in [0, 0.05) is 12.1 Å². The zero-order valence-corrected chi connectivity index (χ0v) is 11.9. The minimum atomic E-state index is 0.634. The van der Waals surface area contributed by atoms with Gasteiger partial charge in [-0.3, -0.25) is 0 Å². The van der Waals surface area contributed by atoms with E-state index in [1.807, 2.05) is 38.1 Å². The van der Waals surface area contributed by atoms with Crippen LogP contribution in [0.2, 0.25) is 0 Å². The Labute approximate surface area is 118 Å². The number of aromatic nitrogens is 2. The van der Waals surface area contributed by atoms with Crippen molar-refractivity contribution in [3.8, 4) is 5.75 Å². The molecule has 2 aromatic rings. The van der Waals surface area contributed by atoms with Gasteiger partial charge in [-0.1, -0.05) is 12.1 Å². The van der Waals surface area contributed by atoms with E-state index in [4.69, 9.17) is 10.6 Å². The number of nitrogens with two attached hydrogens (primary N) is 1. The van der Waals surface area contributed by atoms with Crippen LogP contribution in [0.5, 0.6) is 5.75 Å². The van der Waals surface area contributed by atoms with Crippen molar-refractivity contribution in [1.29, 1.82) is 0 Å². The van der Waals surface area contributed by atoms with Crippen molar-refractivity contribution in [1.82, 2.24) is 9.97 Å². The molecule has 6 heteroatoms. The molecular formula is C14H19N5O. The largest absolute Gasteiger partial charge is 0.497 e. The molecule has 0 amide bonds. The molecule has 0 bridgehead atoms. The number of hydrogen-bond acceptors (Lipinski definition) is 6. The highest BCUT2D eigenvalue weighted by molar-refractivity contribution is 5.56. The second-order valence-electron chi connectivity index (χ2n) is 4.44. The van der Waals surface area contributed by atoms with Crippen molar-refractivity contribution >= 4 is 11.6 Å². The summed E-state index contributed by atoms with van der Waals surface area (Å²) in [6.45, 7) is 4.43. The highest BCUT2D eigenvalue weighted by Crippen LogP contribution is 2.20. The van der Waals surface area contributed by atoms with Crippen LogP contribution < -0.4 is 21.3 Å². The summed E-state index contributed by atoms with van der Waals surface area (Å²) in [7, 11) is 1.65. The van der Waals surface area contributed by atoms with E-state index >= 15 is 0 Å². The van der Waals surface area contributed by atoms with Crippen LogP contribution in [-0.2, 0) is 6.54 Å². The SMILES string of the molecule is COc1ccc(CNc2nc(C)nc(NN)c2C)cc1. The molecule has 6 nitrogen and oxygen atoms in total. The van der Waals surface area contributed by atoms with Gasteiger partial charge in [-0.15, -0.1) is 0 Å². The van der Waals surface area contributed by atoms with Gasteiger partial charge in [-0.2, -0.15) is 0 Å². The normalized spacial score (nSPS) is 10.2. The van der Waals surface area contributed by atoms with Crippen molar-refractivity contribution in [2.24, 2.45) is 5.84 Å². The molecule has 4 N–H and O–H groups in total. The summed E-state index contributed by atoms with van der Waals surface area (Å²) in [5, 5.41) is 3.29. The maximum Gasteiger partial charge on any atom is 0.148 e. The molecule has 1 aromatic carbocycles. The minimum Gasteiger partial charge on any atom is -0.497 e. The highest BCUT2D eigenvalue weighted by Gasteiger charge is 2.07. The first-order valence-electron chi connectivity index (χ1n) is 6.32. The van der Waals surface area contributed by atoms with Crippen LogP contribution in [-0.4, -0.2) is 17.1 Å². The Kier molecular flexibility index (Phi) is 4.37. The Morgan fingerprint density at radius 1 is 1.10 bits per heavy atom. The second-order valence-corrected chi connectivity index (χ2v) is 4.44. The van der Waals surface area contributed by atoms with E-state index in [1.54, 1.807) is 7.11 Å². The van der Waals surface area contributed by atoms with Crippen LogP contribution in [0, 0.1) is 13.8 Å². The molecular weight excluding hydrogens is 254 g/mol. The molecule has 0 fully saturated rings. The molecule has 106 valence electrons. The predicted octanol–water partition coefficient (Wildman–Crippen LogP) is 2.00. The first kappa shape index (κ1) is 14.1. The summed E-state index contributed by atoms with van der Waals surface area (Å²) < 4.78 is 5.13. The van der Waals surface area contributed by atoms with Gasteiger partial charge < -0.3 is 15.5 Å². The minimum absolute atomic E-state index is 0.634. The van der Waals surface area contributed by atoms with Gasteiger partial charge in [-0.05, 0) is 31.5 Å². The number of hydrogen-bond donors (Lipinski definition) is 3. The van der Waals surface area contributed by atoms with Crippen LogP contribution in [0.15, 0.2) is 24.3 Å². The van der Waals surface area contributed by atoms with E-state index in [9.17, 15) is 0 Å². The Hall–Kier alpha value is -2.34. The molecule has 0 aliphatic heterocycles. The fraction of sp³-hybridized carbons (Fsp3) is 0.286. The number of nitrogens with zero attached hydrogens (tertiary/aromatic N) is 2. The zero-order valence-electron chi connectivity index (χ0n) is 11.9. The second kappa shape index (κ2) is 6.21. The lowest BCUT2D eigenvalue weighted by Gasteiger charge is -2.12. The zero-order chi connectivity index (χ0) is 14.5. The Morgan fingerprint density at radius 3 is 2.35 bits per heavy atom. The van der Waals surface area contributed by atoms with Crippen LogP contribution in [0.1, 0.15) is 17.0 Å². The number of aryl methyl sites for hydroxylation is 1. The van der Waals surface area contributed by atoms with Crippen LogP contribution >= 0.6 is 0 Å². The smallest absolute Gasteiger partial charge is 0.148 e. The molecule has 2 rings (SSSR count). The number of methoxy groups -OCH3 is 1. The maximum absolute atomic E-state index is 5.45. The molecule has 1 heterocycles. The number of nitrogen functional groups attached to an aromatic ring is 1. The van der Waals surface area contributed by atoms with E-state index < -0.39 is 0 Å². The van der Waals surface area contributed by atoms with Crippen molar-refractivity contribution < 1.29 is 4.74 Å². The summed E-state index contributed by atoms with van der Waals surface area (Å²) in [6, 6.07) is 7.89. The highest BCUT2D eigenvalue weighted by atomic mass is 16.5. The van der Waals surface area contributed by atoms with Gasteiger partial charge in [0.05, 0.1) is 7.11 Å². The summed E-state index contributed by atoms with van der Waals surface area (Å²) in [5.41, 5.74) is 4.62. The monoisotopic (exact) mass is 273 g/mol. The summed E-state index contributed by atoms with van der Waals surface area (Å²) in [4.78, 5) is 8.61. The molecule has 0 atom stereocenters. The van der Waals surface area contributed by atoms with Crippen molar-refractivity contribution in [3.05, 3.63) is 41.2 Å². The number of hydrazine groups is 1. The fourth-order valence-corrected chi connectivity index (χ4v) is 1.87. The van der Waals surface area contributed by atoms with Gasteiger partial charge in [0.1, 0.15) is 23.2 Å². The standard InChI is InChI=1S/C14H19N5O/c1-9-13(17-10(2)18-14(9)19-15)16-8-11-4-6-12(20-3)7-5-11/h4-7H,8,15H2,1-3H3,(H2,16,17,18,19). The van der Waals surface area contributed by atoms with E-state index in [0.29, 0.717) is 18.2 Å². The van der Waals surface area contributed by atoms with Crippen LogP contribution in [0.3, 0.4) is 0 Å². The van der Waals surface area contributed by atoms with Gasteiger partial charge >= 0.3 is 0 Å². The lowest BCUT2D eigenvalue weighted by molar-refractivity contribution is 0.414. The average molecular weight is 273 g/mol. The Morgan fingerprint density at radius 2 is 1.75 bits per heavy atom. The average Bonchev–Trinajstić information content (AvgIpc) is 2.48. The summed E-state index contributed by atoms with van der Waals surface area (Å²) >= 11 is 0. The molecule has 0 aliphatic carbocycles. The Bertz CT molecular complexity index is 583. The number of anilines is 2.